The number of unbranched alkanes of at least 4 members (excludes halogenated alkanes) is 2. The summed E-state index contributed by atoms with van der Waals surface area (Å²) in [6, 6.07) is 14.7. The second-order valence-electron chi connectivity index (χ2n) is 7.30. The average Bonchev–Trinajstić information content (AvgIpc) is 3.31. The molecule has 0 aliphatic carbocycles. The van der Waals surface area contributed by atoms with Crippen LogP contribution in [0.15, 0.2) is 57.5 Å². The summed E-state index contributed by atoms with van der Waals surface area (Å²) in [4.78, 5) is 30.2. The van der Waals surface area contributed by atoms with Crippen molar-refractivity contribution in [2.75, 3.05) is 12.0 Å². The van der Waals surface area contributed by atoms with Crippen LogP contribution in [0.5, 0.6) is 5.75 Å². The zero-order chi connectivity index (χ0) is 23.6. The van der Waals surface area contributed by atoms with Crippen LogP contribution in [0.4, 0.5) is 5.69 Å². The van der Waals surface area contributed by atoms with E-state index in [1.54, 1.807) is 41.8 Å². The normalized spacial score (nSPS) is 10.6. The number of anilines is 1. The van der Waals surface area contributed by atoms with Crippen molar-refractivity contribution in [1.29, 1.82) is 0 Å². The van der Waals surface area contributed by atoms with Gasteiger partial charge in [-0.1, -0.05) is 27.5 Å². The standard InChI is InChI=1S/C23H25BrN4O5/c1-32-19-13-11-18(12-14-19)28(22(30)6-4-2-3-5-21(29)26-31)15-20-25-23(33-27-20)16-7-9-17(24)10-8-16/h7-14,31H,2-6,15H2,1H3,(H,26,29). The van der Waals surface area contributed by atoms with Gasteiger partial charge < -0.3 is 14.2 Å². The van der Waals surface area contributed by atoms with Gasteiger partial charge in [0, 0.05) is 28.6 Å². The van der Waals surface area contributed by atoms with E-state index in [0.717, 1.165) is 10.0 Å². The Morgan fingerprint density at radius 2 is 1.76 bits per heavy atom. The first-order valence-electron chi connectivity index (χ1n) is 10.5. The zero-order valence-corrected chi connectivity index (χ0v) is 19.7. The SMILES string of the molecule is COc1ccc(N(Cc2noc(-c3ccc(Br)cc3)n2)C(=O)CCCCCC(=O)NO)cc1. The Kier molecular flexibility index (Phi) is 8.96. The van der Waals surface area contributed by atoms with Crippen LogP contribution in [0.25, 0.3) is 11.5 Å². The molecule has 9 nitrogen and oxygen atoms in total. The fourth-order valence-corrected chi connectivity index (χ4v) is 3.45. The van der Waals surface area contributed by atoms with E-state index in [2.05, 4.69) is 26.1 Å². The smallest absolute Gasteiger partial charge is 0.257 e. The Balaban J connectivity index is 1.70. The van der Waals surface area contributed by atoms with Crippen molar-refractivity contribution >= 4 is 33.4 Å². The Morgan fingerprint density at radius 1 is 1.06 bits per heavy atom. The minimum Gasteiger partial charge on any atom is -0.497 e. The molecule has 174 valence electrons. The van der Waals surface area contributed by atoms with E-state index < -0.39 is 5.91 Å². The number of hydrogen-bond acceptors (Lipinski definition) is 7. The van der Waals surface area contributed by atoms with E-state index in [0.29, 0.717) is 48.8 Å². The fraction of sp³-hybridized carbons (Fsp3) is 0.304. The minimum atomic E-state index is -0.431. The van der Waals surface area contributed by atoms with E-state index in [1.807, 2.05) is 24.3 Å². The van der Waals surface area contributed by atoms with Gasteiger partial charge in [-0.3, -0.25) is 14.8 Å². The van der Waals surface area contributed by atoms with Crippen LogP contribution in [0.2, 0.25) is 0 Å². The molecule has 0 unspecified atom stereocenters. The van der Waals surface area contributed by atoms with E-state index >= 15 is 0 Å². The van der Waals surface area contributed by atoms with Gasteiger partial charge in [0.25, 0.3) is 5.89 Å². The molecule has 1 heterocycles. The van der Waals surface area contributed by atoms with Crippen molar-refractivity contribution < 1.29 is 24.1 Å². The molecule has 0 atom stereocenters. The highest BCUT2D eigenvalue weighted by Gasteiger charge is 2.20. The number of benzene rings is 2. The van der Waals surface area contributed by atoms with Crippen molar-refractivity contribution in [1.82, 2.24) is 15.6 Å². The van der Waals surface area contributed by atoms with Gasteiger partial charge in [0.15, 0.2) is 5.82 Å². The van der Waals surface area contributed by atoms with Gasteiger partial charge in [-0.15, -0.1) is 0 Å². The van der Waals surface area contributed by atoms with Gasteiger partial charge in [-0.25, -0.2) is 5.48 Å². The zero-order valence-electron chi connectivity index (χ0n) is 18.2. The van der Waals surface area contributed by atoms with Gasteiger partial charge in [-0.2, -0.15) is 4.98 Å². The lowest BCUT2D eigenvalue weighted by Gasteiger charge is -2.21. The number of carbonyl (C=O) groups excluding carboxylic acids is 2. The Hall–Kier alpha value is -3.24. The highest BCUT2D eigenvalue weighted by molar-refractivity contribution is 9.10. The number of nitrogens with one attached hydrogen (secondary N) is 1. The molecule has 0 aliphatic rings. The molecule has 2 N–H and O–H groups in total. The Labute approximate surface area is 199 Å². The molecule has 10 heteroatoms. The summed E-state index contributed by atoms with van der Waals surface area (Å²) >= 11 is 3.40. The minimum absolute atomic E-state index is 0.0956. The molecule has 2 amide bonds. The predicted molar refractivity (Wildman–Crippen MR) is 125 cm³/mol. The monoisotopic (exact) mass is 516 g/mol. The number of halogens is 1. The molecular weight excluding hydrogens is 492 g/mol. The summed E-state index contributed by atoms with van der Waals surface area (Å²) in [7, 11) is 1.58. The maximum atomic E-state index is 13.1. The van der Waals surface area contributed by atoms with Crippen molar-refractivity contribution in [3.05, 3.63) is 58.8 Å². The Morgan fingerprint density at radius 3 is 2.42 bits per heavy atom. The predicted octanol–water partition coefficient (Wildman–Crippen LogP) is 4.50. The molecule has 0 radical (unpaired) electrons. The van der Waals surface area contributed by atoms with E-state index in [9.17, 15) is 9.59 Å². The highest BCUT2D eigenvalue weighted by Crippen LogP contribution is 2.24. The first-order valence-corrected chi connectivity index (χ1v) is 11.3. The molecular formula is C23H25BrN4O5. The van der Waals surface area contributed by atoms with Crippen molar-refractivity contribution in [2.45, 2.75) is 38.6 Å². The largest absolute Gasteiger partial charge is 0.497 e. The van der Waals surface area contributed by atoms with E-state index in [1.165, 1.54) is 0 Å². The summed E-state index contributed by atoms with van der Waals surface area (Å²) in [5, 5.41) is 12.6. The third-order valence-corrected chi connectivity index (χ3v) is 5.49. The molecule has 3 rings (SSSR count). The molecule has 0 bridgehead atoms. The number of nitrogens with zero attached hydrogens (tertiary/aromatic N) is 3. The number of hydrogen-bond donors (Lipinski definition) is 2. The summed E-state index contributed by atoms with van der Waals surface area (Å²) in [5.74, 6) is 0.922. The first-order chi connectivity index (χ1) is 16.0. The first kappa shape index (κ1) is 24.4. The number of ether oxygens (including phenoxy) is 1. The topological polar surface area (TPSA) is 118 Å². The molecule has 3 aromatic rings. The number of aromatic nitrogens is 2. The van der Waals surface area contributed by atoms with Gasteiger partial charge in [0.05, 0.1) is 13.7 Å². The number of methoxy groups -OCH3 is 1. The van der Waals surface area contributed by atoms with Crippen LogP contribution >= 0.6 is 15.9 Å². The van der Waals surface area contributed by atoms with Gasteiger partial charge >= 0.3 is 0 Å². The van der Waals surface area contributed by atoms with Crippen LogP contribution in [0, 0.1) is 0 Å². The molecule has 2 aromatic carbocycles. The highest BCUT2D eigenvalue weighted by atomic mass is 79.9. The van der Waals surface area contributed by atoms with Crippen molar-refractivity contribution in [3.63, 3.8) is 0 Å². The quantitative estimate of drug-likeness (QED) is 0.219. The second-order valence-corrected chi connectivity index (χ2v) is 8.21. The van der Waals surface area contributed by atoms with E-state index in [-0.39, 0.29) is 18.9 Å². The molecule has 0 aliphatic heterocycles. The average molecular weight is 517 g/mol. The molecule has 0 saturated heterocycles. The number of carbonyl (C=O) groups is 2. The summed E-state index contributed by atoms with van der Waals surface area (Å²) in [6.45, 7) is 0.151. The third kappa shape index (κ3) is 7.13. The molecule has 0 spiro atoms. The number of rotatable bonds is 11. The summed E-state index contributed by atoms with van der Waals surface area (Å²) in [5.41, 5.74) is 3.08. The lowest BCUT2D eigenvalue weighted by Crippen LogP contribution is -2.30. The van der Waals surface area contributed by atoms with Gasteiger partial charge in [0.1, 0.15) is 5.75 Å². The van der Waals surface area contributed by atoms with Crippen LogP contribution in [0.3, 0.4) is 0 Å². The Bertz CT molecular complexity index is 1050. The molecule has 1 aromatic heterocycles. The lowest BCUT2D eigenvalue weighted by molar-refractivity contribution is -0.129. The second kappa shape index (κ2) is 12.1. The van der Waals surface area contributed by atoms with Crippen LogP contribution in [-0.4, -0.2) is 34.3 Å². The maximum Gasteiger partial charge on any atom is 0.257 e. The van der Waals surface area contributed by atoms with Crippen LogP contribution in [0.1, 0.15) is 37.9 Å². The van der Waals surface area contributed by atoms with Crippen molar-refractivity contribution in [3.8, 4) is 17.2 Å². The summed E-state index contributed by atoms with van der Waals surface area (Å²) < 4.78 is 11.6. The van der Waals surface area contributed by atoms with Crippen LogP contribution in [-0.2, 0) is 16.1 Å². The van der Waals surface area contributed by atoms with Gasteiger partial charge in [-0.05, 0) is 61.4 Å². The molecule has 0 fully saturated rings. The molecule has 33 heavy (non-hydrogen) atoms. The lowest BCUT2D eigenvalue weighted by atomic mass is 10.1. The maximum absolute atomic E-state index is 13.1. The summed E-state index contributed by atoms with van der Waals surface area (Å²) in [6.07, 6.45) is 2.40. The number of amides is 2. The van der Waals surface area contributed by atoms with E-state index in [4.69, 9.17) is 14.5 Å². The number of hydroxylamine groups is 1. The van der Waals surface area contributed by atoms with Gasteiger partial charge in [0.2, 0.25) is 11.8 Å². The van der Waals surface area contributed by atoms with Crippen LogP contribution < -0.4 is 15.1 Å². The van der Waals surface area contributed by atoms with Crippen molar-refractivity contribution in [2.24, 2.45) is 0 Å². The molecule has 0 saturated carbocycles. The third-order valence-electron chi connectivity index (χ3n) is 4.96. The fourth-order valence-electron chi connectivity index (χ4n) is 3.18.